The van der Waals surface area contributed by atoms with E-state index >= 15 is 0 Å². The predicted molar refractivity (Wildman–Crippen MR) is 155 cm³/mol. The van der Waals surface area contributed by atoms with Gasteiger partial charge >= 0.3 is 11.8 Å². The Bertz CT molecular complexity index is 1130. The summed E-state index contributed by atoms with van der Waals surface area (Å²) in [5.74, 6) is 0. The van der Waals surface area contributed by atoms with Crippen molar-refractivity contribution in [2.75, 3.05) is 6.61 Å². The Labute approximate surface area is 230 Å². The fraction of sp³-hybridized carbons (Fsp3) is 0.815. The van der Waals surface area contributed by atoms with Crippen molar-refractivity contribution in [3.05, 3.63) is 32.6 Å². The molecular weight excluding hydrogens is 520 g/mol. The van der Waals surface area contributed by atoms with Crippen LogP contribution in [0, 0.1) is 6.92 Å². The summed E-state index contributed by atoms with van der Waals surface area (Å²) in [6.45, 7) is 28.8. The molecule has 1 fully saturated rings. The maximum Gasteiger partial charge on any atom is 0.425 e. The number of ether oxygens (including phenoxy) is 2. The average Bonchev–Trinajstić information content (AvgIpc) is 3.08. The van der Waals surface area contributed by atoms with Crippen molar-refractivity contribution in [2.24, 2.45) is 0 Å². The van der Waals surface area contributed by atoms with Crippen LogP contribution < -0.4 is 11.2 Å². The van der Waals surface area contributed by atoms with Crippen LogP contribution in [-0.2, 0) is 18.3 Å². The first-order valence-corrected chi connectivity index (χ1v) is 19.2. The van der Waals surface area contributed by atoms with Crippen LogP contribution in [0.15, 0.2) is 15.8 Å². The molecule has 3 atom stereocenters. The number of aromatic nitrogens is 2. The molecule has 1 aliphatic heterocycles. The Balaban J connectivity index is 2.49. The Morgan fingerprint density at radius 1 is 0.974 bits per heavy atom. The third-order valence-corrected chi connectivity index (χ3v) is 17.0. The molecular formula is C27H50N2O7Si2. The van der Waals surface area contributed by atoms with Gasteiger partial charge in [-0.2, -0.15) is 4.57 Å². The minimum absolute atomic E-state index is 0.0205. The number of nitrogens with zero attached hydrogens (tertiary/aromatic N) is 2. The second-order valence-electron chi connectivity index (χ2n) is 14.5. The highest BCUT2D eigenvalue weighted by atomic mass is 28.4. The van der Waals surface area contributed by atoms with Crippen LogP contribution in [-0.4, -0.2) is 56.3 Å². The van der Waals surface area contributed by atoms with E-state index in [1.165, 1.54) is 10.8 Å². The summed E-state index contributed by atoms with van der Waals surface area (Å²) in [5.41, 5.74) is -2.13. The van der Waals surface area contributed by atoms with Crippen LogP contribution in [0.5, 0.6) is 0 Å². The summed E-state index contributed by atoms with van der Waals surface area (Å²) in [5, 5.41) is 0.00501. The van der Waals surface area contributed by atoms with E-state index in [1.807, 2.05) is 0 Å². The van der Waals surface area contributed by atoms with Gasteiger partial charge in [0.15, 0.2) is 16.6 Å². The van der Waals surface area contributed by atoms with Crippen molar-refractivity contribution in [1.29, 1.82) is 0 Å². The lowest BCUT2D eigenvalue weighted by Gasteiger charge is -2.40. The first-order valence-electron chi connectivity index (χ1n) is 13.4. The van der Waals surface area contributed by atoms with E-state index in [1.54, 1.807) is 27.7 Å². The topological polar surface area (TPSA) is 98.0 Å². The van der Waals surface area contributed by atoms with Crippen LogP contribution in [0.25, 0.3) is 0 Å². The molecule has 38 heavy (non-hydrogen) atoms. The lowest BCUT2D eigenvalue weighted by atomic mass is 10.2. The van der Waals surface area contributed by atoms with Crippen LogP contribution in [0.4, 0.5) is 4.79 Å². The van der Waals surface area contributed by atoms with Crippen molar-refractivity contribution in [3.63, 3.8) is 0 Å². The monoisotopic (exact) mass is 570 g/mol. The van der Waals surface area contributed by atoms with Gasteiger partial charge in [-0.05, 0) is 64.0 Å². The smallest absolute Gasteiger partial charge is 0.425 e. The van der Waals surface area contributed by atoms with Crippen LogP contribution in [0.2, 0.25) is 36.3 Å². The van der Waals surface area contributed by atoms with Crippen LogP contribution in [0.1, 0.15) is 80.5 Å². The van der Waals surface area contributed by atoms with Crippen LogP contribution in [0.3, 0.4) is 0 Å². The second kappa shape index (κ2) is 10.8. The van der Waals surface area contributed by atoms with E-state index in [4.69, 9.17) is 18.3 Å². The van der Waals surface area contributed by atoms with Gasteiger partial charge in [-0.25, -0.2) is 9.59 Å². The normalized spacial score (nSPS) is 21.6. The molecule has 218 valence electrons. The van der Waals surface area contributed by atoms with Gasteiger partial charge in [0.25, 0.3) is 5.56 Å². The molecule has 0 radical (unpaired) electrons. The molecule has 0 unspecified atom stereocenters. The lowest BCUT2D eigenvalue weighted by molar-refractivity contribution is -0.0417. The number of rotatable bonds is 6. The summed E-state index contributed by atoms with van der Waals surface area (Å²) in [6, 6.07) is 0. The van der Waals surface area contributed by atoms with Gasteiger partial charge < -0.3 is 18.3 Å². The molecule has 1 aromatic rings. The van der Waals surface area contributed by atoms with Gasteiger partial charge in [-0.1, -0.05) is 41.5 Å². The molecule has 0 N–H and O–H groups in total. The third kappa shape index (κ3) is 7.35. The first-order chi connectivity index (χ1) is 16.9. The summed E-state index contributed by atoms with van der Waals surface area (Å²) in [6.07, 6.45) is -0.592. The van der Waals surface area contributed by atoms with Gasteiger partial charge in [0, 0.05) is 18.2 Å². The molecule has 0 bridgehead atoms. The third-order valence-electron chi connectivity index (χ3n) is 8.02. The fourth-order valence-corrected chi connectivity index (χ4v) is 5.95. The highest BCUT2D eigenvalue weighted by molar-refractivity contribution is 6.74. The second-order valence-corrected chi connectivity index (χ2v) is 24.0. The SMILES string of the molecule is Cc1cn([C@H]2C[C@@H](O[Si](C)(C)C(C)(C)C)[C@@H](CO[Si](C)(C)C(C)(C)C)O2)c(=O)n(C(=O)OC(C)(C)C)c1=O. The first kappa shape index (κ1) is 32.7. The number of hydrogen-bond acceptors (Lipinski definition) is 7. The molecule has 0 saturated carbocycles. The van der Waals surface area contributed by atoms with E-state index in [0.717, 1.165) is 0 Å². The largest absolute Gasteiger partial charge is 0.443 e. The highest BCUT2D eigenvalue weighted by Crippen LogP contribution is 2.42. The Hall–Kier alpha value is -1.54. The Morgan fingerprint density at radius 2 is 1.50 bits per heavy atom. The summed E-state index contributed by atoms with van der Waals surface area (Å²) >= 11 is 0. The van der Waals surface area contributed by atoms with Crippen LogP contribution >= 0.6 is 0 Å². The maximum absolute atomic E-state index is 13.5. The minimum atomic E-state index is -2.18. The standard InChI is InChI=1S/C27H50N2O7Si2/c1-18-16-28(23(31)29(22(18)30)24(32)35-25(2,3)4)21-15-19(36-38(13,14)27(8,9)10)20(34-21)17-33-37(11,12)26(5,6)7/h16,19-21H,15,17H2,1-14H3/t19-,20-,21-/m1/s1. The predicted octanol–water partition coefficient (Wildman–Crippen LogP) is 5.80. The van der Waals surface area contributed by atoms with Crippen molar-refractivity contribution < 1.29 is 23.1 Å². The van der Waals surface area contributed by atoms with Crippen molar-refractivity contribution >= 4 is 22.7 Å². The molecule has 9 nitrogen and oxygen atoms in total. The minimum Gasteiger partial charge on any atom is -0.443 e. The zero-order valence-corrected chi connectivity index (χ0v) is 28.0. The Kier molecular flexibility index (Phi) is 9.28. The molecule has 2 rings (SSSR count). The van der Waals surface area contributed by atoms with Crippen molar-refractivity contribution in [3.8, 4) is 0 Å². The molecule has 0 aliphatic carbocycles. The molecule has 0 aromatic carbocycles. The molecule has 2 heterocycles. The molecule has 0 spiro atoms. The quantitative estimate of drug-likeness (QED) is 0.399. The molecule has 1 aromatic heterocycles. The average molecular weight is 571 g/mol. The summed E-state index contributed by atoms with van der Waals surface area (Å²) in [7, 11) is -4.26. The fourth-order valence-electron chi connectivity index (χ4n) is 3.58. The number of carbonyl (C=O) groups is 1. The van der Waals surface area contributed by atoms with E-state index in [9.17, 15) is 14.4 Å². The Morgan fingerprint density at radius 3 is 1.97 bits per heavy atom. The van der Waals surface area contributed by atoms with Gasteiger partial charge in [0.1, 0.15) is 17.9 Å². The zero-order chi connectivity index (χ0) is 29.6. The van der Waals surface area contributed by atoms with E-state index in [0.29, 0.717) is 17.6 Å². The van der Waals surface area contributed by atoms with Crippen molar-refractivity contribution in [1.82, 2.24) is 9.13 Å². The maximum atomic E-state index is 13.5. The van der Waals surface area contributed by atoms with Gasteiger partial charge in [0.2, 0.25) is 0 Å². The number of aryl methyl sites for hydroxylation is 1. The van der Waals surface area contributed by atoms with Crippen molar-refractivity contribution in [2.45, 2.75) is 136 Å². The lowest BCUT2D eigenvalue weighted by Crippen LogP contribution is -2.48. The van der Waals surface area contributed by atoms with Gasteiger partial charge in [0.05, 0.1) is 12.7 Å². The summed E-state index contributed by atoms with van der Waals surface area (Å²) < 4.78 is 26.9. The zero-order valence-electron chi connectivity index (χ0n) is 26.0. The highest BCUT2D eigenvalue weighted by Gasteiger charge is 2.47. The molecule has 1 aliphatic rings. The van der Waals surface area contributed by atoms with E-state index in [-0.39, 0.29) is 21.7 Å². The molecule has 11 heteroatoms. The van der Waals surface area contributed by atoms with Gasteiger partial charge in [-0.3, -0.25) is 9.36 Å². The number of hydrogen-bond donors (Lipinski definition) is 0. The molecule has 1 saturated heterocycles. The molecule has 0 amide bonds. The summed E-state index contributed by atoms with van der Waals surface area (Å²) in [4.78, 5) is 39.0. The van der Waals surface area contributed by atoms with E-state index in [2.05, 4.69) is 67.7 Å². The van der Waals surface area contributed by atoms with Gasteiger partial charge in [-0.15, -0.1) is 0 Å². The number of carbonyl (C=O) groups excluding carboxylic acids is 1. The van der Waals surface area contributed by atoms with E-state index < -0.39 is 51.9 Å².